The van der Waals surface area contributed by atoms with Gasteiger partial charge in [-0.3, -0.25) is 9.59 Å². The van der Waals surface area contributed by atoms with Crippen LogP contribution < -0.4 is 22.9 Å². The molecule has 0 unspecified atom stereocenters. The summed E-state index contributed by atoms with van der Waals surface area (Å²) < 4.78 is 0. The summed E-state index contributed by atoms with van der Waals surface area (Å²) in [6.45, 7) is 0. The van der Waals surface area contributed by atoms with E-state index in [4.69, 9.17) is 22.9 Å². The van der Waals surface area contributed by atoms with E-state index in [1.165, 1.54) is 57.8 Å². The first-order valence-electron chi connectivity index (χ1n) is 10.9. The van der Waals surface area contributed by atoms with E-state index in [0.29, 0.717) is 24.9 Å². The molecule has 158 valence electrons. The summed E-state index contributed by atoms with van der Waals surface area (Å²) >= 11 is 0. The average molecular weight is 383 g/mol. The Hall–Kier alpha value is -1.14. The van der Waals surface area contributed by atoms with Crippen LogP contribution in [0.25, 0.3) is 0 Å². The minimum absolute atomic E-state index is 0.259. The molecule has 0 aromatic heterocycles. The molecule has 0 aromatic carbocycles. The molecule has 0 bridgehead atoms. The van der Waals surface area contributed by atoms with E-state index in [2.05, 4.69) is 0 Å². The summed E-state index contributed by atoms with van der Waals surface area (Å²) in [6, 6.07) is 1.00. The second kappa shape index (κ2) is 13.9. The molecule has 0 atom stereocenters. The Morgan fingerprint density at radius 3 is 1.22 bits per heavy atom. The van der Waals surface area contributed by atoms with Crippen LogP contribution in [0.1, 0.15) is 96.3 Å². The van der Waals surface area contributed by atoms with Gasteiger partial charge >= 0.3 is 0 Å². The van der Waals surface area contributed by atoms with Gasteiger partial charge in [0.25, 0.3) is 0 Å². The van der Waals surface area contributed by atoms with Gasteiger partial charge in [0.1, 0.15) is 0 Å². The lowest BCUT2D eigenvalue weighted by molar-refractivity contribution is -0.119. The van der Waals surface area contributed by atoms with Crippen molar-refractivity contribution >= 4 is 11.8 Å². The van der Waals surface area contributed by atoms with Crippen molar-refractivity contribution in [3.63, 3.8) is 0 Å². The average Bonchev–Trinajstić information content (AvgIpc) is 2.62. The summed E-state index contributed by atoms with van der Waals surface area (Å²) in [5.41, 5.74) is 21.7. The summed E-state index contributed by atoms with van der Waals surface area (Å²) in [5, 5.41) is 0. The highest BCUT2D eigenvalue weighted by molar-refractivity contribution is 5.74. The molecule has 27 heavy (non-hydrogen) atoms. The Morgan fingerprint density at radius 2 is 0.926 bits per heavy atom. The van der Waals surface area contributed by atoms with Gasteiger partial charge in [-0.15, -0.1) is 0 Å². The van der Waals surface area contributed by atoms with Crippen LogP contribution in [0.5, 0.6) is 0 Å². The van der Waals surface area contributed by atoms with Gasteiger partial charge in [0.2, 0.25) is 11.8 Å². The summed E-state index contributed by atoms with van der Waals surface area (Å²) in [6.07, 6.45) is 16.4. The maximum absolute atomic E-state index is 10.3. The minimum atomic E-state index is -0.259. The van der Waals surface area contributed by atoms with E-state index >= 15 is 0 Å². The number of carbonyl (C=O) groups is 2. The highest BCUT2D eigenvalue weighted by Crippen LogP contribution is 2.34. The van der Waals surface area contributed by atoms with Crippen molar-refractivity contribution in [1.82, 2.24) is 0 Å². The minimum Gasteiger partial charge on any atom is -0.370 e. The molecule has 2 saturated carbocycles. The lowest BCUT2D eigenvalue weighted by atomic mass is 9.76. The van der Waals surface area contributed by atoms with Crippen LogP contribution in [0, 0.1) is 11.8 Å². The number of rotatable bonds is 9. The second-order valence-corrected chi connectivity index (χ2v) is 8.64. The first kappa shape index (κ1) is 23.9. The molecule has 6 nitrogen and oxygen atoms in total. The molecule has 0 radical (unpaired) electrons. The van der Waals surface area contributed by atoms with E-state index in [-0.39, 0.29) is 11.8 Å². The number of hydrogen-bond acceptors (Lipinski definition) is 4. The van der Waals surface area contributed by atoms with E-state index in [1.54, 1.807) is 0 Å². The number of nitrogens with two attached hydrogens (primary N) is 4. The van der Waals surface area contributed by atoms with E-state index in [9.17, 15) is 9.59 Å². The first-order valence-corrected chi connectivity index (χ1v) is 10.9. The van der Waals surface area contributed by atoms with Gasteiger partial charge in [-0.1, -0.05) is 12.8 Å². The van der Waals surface area contributed by atoms with Crippen molar-refractivity contribution < 1.29 is 9.59 Å². The highest BCUT2D eigenvalue weighted by atomic mass is 16.1. The Kier molecular flexibility index (Phi) is 12.3. The van der Waals surface area contributed by atoms with Gasteiger partial charge in [-0.05, 0) is 82.5 Å². The molecule has 2 rings (SSSR count). The molecule has 2 aliphatic rings. The van der Waals surface area contributed by atoms with E-state index in [0.717, 1.165) is 37.5 Å². The largest absolute Gasteiger partial charge is 0.370 e. The summed E-state index contributed by atoms with van der Waals surface area (Å²) in [7, 11) is 0. The number of carbonyl (C=O) groups excluding carboxylic acids is 2. The zero-order chi connectivity index (χ0) is 20.1. The lowest BCUT2D eigenvalue weighted by Crippen LogP contribution is -2.30. The van der Waals surface area contributed by atoms with E-state index in [1.807, 2.05) is 0 Å². The lowest BCUT2D eigenvalue weighted by Gasteiger charge is -2.32. The molecule has 0 aromatic rings. The maximum Gasteiger partial charge on any atom is 0.217 e. The molecule has 0 aliphatic heterocycles. The van der Waals surface area contributed by atoms with Gasteiger partial charge in [-0.2, -0.15) is 0 Å². The summed E-state index contributed by atoms with van der Waals surface area (Å²) in [5.74, 6) is 1.43. The van der Waals surface area contributed by atoms with E-state index < -0.39 is 0 Å². The van der Waals surface area contributed by atoms with Gasteiger partial charge < -0.3 is 22.9 Å². The number of unbranched alkanes of at least 4 members (excludes halogenated alkanes) is 3. The van der Waals surface area contributed by atoms with Crippen LogP contribution in [0.4, 0.5) is 0 Å². The van der Waals surface area contributed by atoms with Crippen LogP contribution in [-0.2, 0) is 9.59 Å². The molecule has 2 amide bonds. The normalized spacial score (nSPS) is 28.1. The maximum atomic E-state index is 10.3. The van der Waals surface area contributed by atoms with Crippen LogP contribution in [0.15, 0.2) is 0 Å². The smallest absolute Gasteiger partial charge is 0.217 e. The molecular weight excluding hydrogens is 340 g/mol. The van der Waals surface area contributed by atoms with Crippen molar-refractivity contribution in [3.05, 3.63) is 0 Å². The third-order valence-electron chi connectivity index (χ3n) is 6.05. The Labute approximate surface area is 165 Å². The van der Waals surface area contributed by atoms with Gasteiger partial charge in [-0.25, -0.2) is 0 Å². The van der Waals surface area contributed by atoms with Crippen LogP contribution >= 0.6 is 0 Å². The molecule has 0 spiro atoms. The van der Waals surface area contributed by atoms with Crippen molar-refractivity contribution in [2.45, 2.75) is 108 Å². The Bertz CT molecular complexity index is 376. The fraction of sp³-hybridized carbons (Fsp3) is 0.905. The zero-order valence-corrected chi connectivity index (χ0v) is 17.0. The predicted octanol–water partition coefficient (Wildman–Crippen LogP) is 2.71. The van der Waals surface area contributed by atoms with Crippen molar-refractivity contribution in [3.8, 4) is 0 Å². The molecular formula is C21H42N4O2. The molecule has 0 heterocycles. The van der Waals surface area contributed by atoms with Crippen LogP contribution in [-0.4, -0.2) is 23.9 Å². The van der Waals surface area contributed by atoms with Gasteiger partial charge in [0.05, 0.1) is 0 Å². The first-order chi connectivity index (χ1) is 12.9. The van der Waals surface area contributed by atoms with Crippen LogP contribution in [0.2, 0.25) is 0 Å². The fourth-order valence-electron chi connectivity index (χ4n) is 4.27. The topological polar surface area (TPSA) is 138 Å². The quantitative estimate of drug-likeness (QED) is 0.455. The van der Waals surface area contributed by atoms with Gasteiger partial charge in [0.15, 0.2) is 0 Å². The predicted molar refractivity (Wildman–Crippen MR) is 111 cm³/mol. The van der Waals surface area contributed by atoms with Crippen LogP contribution in [0.3, 0.4) is 0 Å². The number of amides is 2. The molecule has 0 saturated heterocycles. The SMILES string of the molecule is NC(=O)CCCCCCC(N)=O.NC1CCC(CC2CCC(N)CC2)CC1. The standard InChI is InChI=1S/C13H26N2.C8H16N2O2/c14-12-5-1-10(2-6-12)9-11-3-7-13(15)8-4-11;9-7(11)5-3-1-2-4-6-8(10)12/h10-13H,1-9,14-15H2;1-6H2,(H2,9,11)(H2,10,12). The van der Waals surface area contributed by atoms with Crippen molar-refractivity contribution in [2.24, 2.45) is 34.8 Å². The van der Waals surface area contributed by atoms with Crippen molar-refractivity contribution in [2.75, 3.05) is 0 Å². The Morgan fingerprint density at radius 1 is 0.593 bits per heavy atom. The summed E-state index contributed by atoms with van der Waals surface area (Å²) in [4.78, 5) is 20.6. The fourth-order valence-corrected chi connectivity index (χ4v) is 4.27. The molecule has 6 heteroatoms. The molecule has 2 aliphatic carbocycles. The number of hydrogen-bond donors (Lipinski definition) is 4. The molecule has 8 N–H and O–H groups in total. The number of primary amides is 2. The third-order valence-corrected chi connectivity index (χ3v) is 6.05. The third kappa shape index (κ3) is 12.8. The van der Waals surface area contributed by atoms with Crippen molar-refractivity contribution in [1.29, 1.82) is 0 Å². The Balaban J connectivity index is 0.000000279. The second-order valence-electron chi connectivity index (χ2n) is 8.64. The molecule has 2 fully saturated rings. The van der Waals surface area contributed by atoms with Gasteiger partial charge in [0, 0.05) is 24.9 Å². The highest BCUT2D eigenvalue weighted by Gasteiger charge is 2.24. The monoisotopic (exact) mass is 382 g/mol. The zero-order valence-electron chi connectivity index (χ0n) is 17.0.